The number of hydrogen-bond donors (Lipinski definition) is 2. The van der Waals surface area contributed by atoms with Crippen LogP contribution in [0.1, 0.15) is 10.5 Å². The number of nitrogens with zero attached hydrogens (tertiary/aromatic N) is 1. The number of carboxylic acids is 1. The first-order valence-electron chi connectivity index (χ1n) is 5.19. The molecule has 2 rings (SSSR count). The van der Waals surface area contributed by atoms with Gasteiger partial charge in [-0.3, -0.25) is 4.72 Å². The highest BCUT2D eigenvalue weighted by Gasteiger charge is 2.16. The van der Waals surface area contributed by atoms with E-state index in [-0.39, 0.29) is 26.9 Å². The lowest BCUT2D eigenvalue weighted by Crippen LogP contribution is -2.11. The molecule has 0 bridgehead atoms. The molecule has 0 aliphatic carbocycles. The van der Waals surface area contributed by atoms with E-state index >= 15 is 0 Å². The molecule has 1 aromatic heterocycles. The van der Waals surface area contributed by atoms with Gasteiger partial charge in [0.1, 0.15) is 5.69 Å². The van der Waals surface area contributed by atoms with Crippen molar-refractivity contribution >= 4 is 55.8 Å². The van der Waals surface area contributed by atoms with Crippen LogP contribution in [-0.2, 0) is 10.0 Å². The van der Waals surface area contributed by atoms with Crippen molar-refractivity contribution < 1.29 is 18.3 Å². The molecule has 1 aromatic carbocycles. The molecular weight excluding hydrogens is 327 g/mol. The number of rotatable bonds is 3. The molecule has 0 saturated carbocycles. The first-order chi connectivity index (χ1) is 9.19. The average Bonchev–Trinajstić information content (AvgIpc) is 2.32. The van der Waals surface area contributed by atoms with E-state index in [1.807, 2.05) is 0 Å². The summed E-state index contributed by atoms with van der Waals surface area (Å²) in [4.78, 5) is 14.8. The Bertz CT molecular complexity index is 821. The summed E-state index contributed by atoms with van der Waals surface area (Å²) in [6, 6.07) is 4.08. The number of carboxylic acid groups (broad SMARTS) is 1. The molecule has 0 atom stereocenters. The second-order valence-electron chi connectivity index (χ2n) is 3.99. The number of anilines is 1. The van der Waals surface area contributed by atoms with E-state index in [0.29, 0.717) is 5.39 Å². The molecule has 0 unspecified atom stereocenters. The van der Waals surface area contributed by atoms with Crippen molar-refractivity contribution in [3.8, 4) is 0 Å². The maximum atomic E-state index is 11.4. The van der Waals surface area contributed by atoms with Crippen LogP contribution in [0.4, 0.5) is 5.69 Å². The van der Waals surface area contributed by atoms with Crippen LogP contribution in [0, 0.1) is 0 Å². The molecule has 2 aromatic rings. The highest BCUT2D eigenvalue weighted by Crippen LogP contribution is 2.35. The number of carbonyl (C=O) groups is 1. The highest BCUT2D eigenvalue weighted by atomic mass is 35.5. The van der Waals surface area contributed by atoms with Crippen LogP contribution in [0.15, 0.2) is 18.2 Å². The van der Waals surface area contributed by atoms with E-state index in [4.69, 9.17) is 28.3 Å². The SMILES string of the molecule is CS(=O)(=O)Nc1c(Cl)cc(Cl)c2ccc(C(=O)O)nc12. The first-order valence-corrected chi connectivity index (χ1v) is 7.83. The van der Waals surface area contributed by atoms with E-state index in [0.717, 1.165) is 6.26 Å². The number of nitrogens with one attached hydrogen (secondary N) is 1. The smallest absolute Gasteiger partial charge is 0.354 e. The van der Waals surface area contributed by atoms with Crippen LogP contribution in [0.25, 0.3) is 10.9 Å². The Hall–Kier alpha value is -1.57. The lowest BCUT2D eigenvalue weighted by Gasteiger charge is -2.11. The fraction of sp³-hybridized carbons (Fsp3) is 0.0909. The Morgan fingerprint density at radius 2 is 1.95 bits per heavy atom. The van der Waals surface area contributed by atoms with Crippen LogP contribution >= 0.6 is 23.2 Å². The monoisotopic (exact) mass is 334 g/mol. The average molecular weight is 335 g/mol. The zero-order chi connectivity index (χ0) is 15.1. The second-order valence-corrected chi connectivity index (χ2v) is 6.55. The summed E-state index contributed by atoms with van der Waals surface area (Å²) in [5.74, 6) is -1.24. The number of aromatic carboxylic acids is 1. The van der Waals surface area contributed by atoms with E-state index in [1.54, 1.807) is 0 Å². The van der Waals surface area contributed by atoms with Crippen molar-refractivity contribution in [2.24, 2.45) is 0 Å². The van der Waals surface area contributed by atoms with Crippen molar-refractivity contribution in [3.63, 3.8) is 0 Å². The zero-order valence-corrected chi connectivity index (χ0v) is 12.3. The van der Waals surface area contributed by atoms with Gasteiger partial charge in [0.25, 0.3) is 0 Å². The quantitative estimate of drug-likeness (QED) is 0.899. The molecule has 0 spiro atoms. The second kappa shape index (κ2) is 5.08. The fourth-order valence-electron chi connectivity index (χ4n) is 1.62. The molecule has 0 fully saturated rings. The molecule has 0 aliphatic rings. The lowest BCUT2D eigenvalue weighted by molar-refractivity contribution is 0.0691. The van der Waals surface area contributed by atoms with Crippen molar-refractivity contribution in [1.29, 1.82) is 0 Å². The molecule has 20 heavy (non-hydrogen) atoms. The van der Waals surface area contributed by atoms with Gasteiger partial charge in [-0.1, -0.05) is 23.2 Å². The van der Waals surface area contributed by atoms with Gasteiger partial charge in [-0.15, -0.1) is 0 Å². The number of benzene rings is 1. The van der Waals surface area contributed by atoms with Crippen LogP contribution < -0.4 is 4.72 Å². The third kappa shape index (κ3) is 2.95. The fourth-order valence-corrected chi connectivity index (χ4v) is 2.82. The number of halogens is 2. The molecule has 106 valence electrons. The molecule has 9 heteroatoms. The molecular formula is C11H8Cl2N2O4S. The minimum absolute atomic E-state index is 0.00309. The Morgan fingerprint density at radius 1 is 1.30 bits per heavy atom. The van der Waals surface area contributed by atoms with Gasteiger partial charge < -0.3 is 5.11 Å². The number of fused-ring (bicyclic) bond motifs is 1. The van der Waals surface area contributed by atoms with Gasteiger partial charge >= 0.3 is 5.97 Å². The van der Waals surface area contributed by atoms with Gasteiger partial charge in [0.15, 0.2) is 0 Å². The van der Waals surface area contributed by atoms with Gasteiger partial charge in [0, 0.05) is 5.39 Å². The largest absolute Gasteiger partial charge is 0.477 e. The molecule has 2 N–H and O–H groups in total. The predicted molar refractivity (Wildman–Crippen MR) is 77.2 cm³/mol. The third-order valence-electron chi connectivity index (χ3n) is 2.39. The lowest BCUT2D eigenvalue weighted by atomic mass is 10.1. The van der Waals surface area contributed by atoms with Crippen molar-refractivity contribution in [2.45, 2.75) is 0 Å². The van der Waals surface area contributed by atoms with E-state index in [1.165, 1.54) is 18.2 Å². The standard InChI is InChI=1S/C11H8Cl2N2O4S/c1-20(18,19)15-10-7(13)4-6(12)5-2-3-8(11(16)17)14-9(5)10/h2-4,15H,1H3,(H,16,17). The maximum absolute atomic E-state index is 11.4. The summed E-state index contributed by atoms with van der Waals surface area (Å²) in [5, 5.41) is 9.61. The predicted octanol–water partition coefficient (Wildman–Crippen LogP) is 2.61. The minimum Gasteiger partial charge on any atom is -0.477 e. The summed E-state index contributed by atoms with van der Waals surface area (Å²) < 4.78 is 24.9. The zero-order valence-electron chi connectivity index (χ0n) is 10.0. The Labute approximate surface area is 124 Å². The normalized spacial score (nSPS) is 11.6. The Kier molecular flexibility index (Phi) is 3.77. The van der Waals surface area contributed by atoms with Gasteiger partial charge in [0.05, 0.1) is 27.5 Å². The van der Waals surface area contributed by atoms with Crippen LogP contribution in [0.3, 0.4) is 0 Å². The van der Waals surface area contributed by atoms with Gasteiger partial charge in [-0.25, -0.2) is 18.2 Å². The van der Waals surface area contributed by atoms with Crippen LogP contribution in [0.2, 0.25) is 10.0 Å². The van der Waals surface area contributed by atoms with E-state index in [2.05, 4.69) is 9.71 Å². The van der Waals surface area contributed by atoms with E-state index < -0.39 is 16.0 Å². The molecule has 0 saturated heterocycles. The molecule has 6 nitrogen and oxygen atoms in total. The van der Waals surface area contributed by atoms with Crippen molar-refractivity contribution in [3.05, 3.63) is 33.9 Å². The number of hydrogen-bond acceptors (Lipinski definition) is 4. The summed E-state index contributed by atoms with van der Waals surface area (Å²) in [5.41, 5.74) is -0.170. The summed E-state index contributed by atoms with van der Waals surface area (Å²) >= 11 is 11.9. The summed E-state index contributed by atoms with van der Waals surface area (Å²) in [7, 11) is -3.60. The third-order valence-corrected chi connectivity index (χ3v) is 3.57. The van der Waals surface area contributed by atoms with Crippen molar-refractivity contribution in [2.75, 3.05) is 11.0 Å². The molecule has 0 amide bonds. The summed E-state index contributed by atoms with van der Waals surface area (Å²) in [6.07, 6.45) is 0.949. The Morgan fingerprint density at radius 3 is 2.50 bits per heavy atom. The molecule has 0 aliphatic heterocycles. The molecule has 0 radical (unpaired) electrons. The topological polar surface area (TPSA) is 96.4 Å². The van der Waals surface area contributed by atoms with Gasteiger partial charge in [0.2, 0.25) is 10.0 Å². The maximum Gasteiger partial charge on any atom is 0.354 e. The minimum atomic E-state index is -3.60. The van der Waals surface area contributed by atoms with Crippen LogP contribution in [0.5, 0.6) is 0 Å². The Balaban J connectivity index is 2.83. The molecule has 1 heterocycles. The van der Waals surface area contributed by atoms with Gasteiger partial charge in [-0.2, -0.15) is 0 Å². The summed E-state index contributed by atoms with van der Waals surface area (Å²) in [6.45, 7) is 0. The van der Waals surface area contributed by atoms with Gasteiger partial charge in [-0.05, 0) is 18.2 Å². The number of aromatic nitrogens is 1. The highest BCUT2D eigenvalue weighted by molar-refractivity contribution is 7.92. The number of pyridine rings is 1. The van der Waals surface area contributed by atoms with Crippen LogP contribution in [-0.4, -0.2) is 30.7 Å². The van der Waals surface area contributed by atoms with E-state index in [9.17, 15) is 13.2 Å². The van der Waals surface area contributed by atoms with Crippen molar-refractivity contribution in [1.82, 2.24) is 4.98 Å². The number of sulfonamides is 1. The first kappa shape index (κ1) is 14.8.